The van der Waals surface area contributed by atoms with E-state index in [-0.39, 0.29) is 11.2 Å². The van der Waals surface area contributed by atoms with E-state index >= 15 is 0 Å². The molecule has 1 heterocycles. The largest absolute Gasteiger partial charge is 0.493 e. The summed E-state index contributed by atoms with van der Waals surface area (Å²) < 4.78 is 21.6. The van der Waals surface area contributed by atoms with Crippen molar-refractivity contribution in [3.63, 3.8) is 0 Å². The van der Waals surface area contributed by atoms with Crippen LogP contribution in [0.1, 0.15) is 10.4 Å². The number of ether oxygens (including phenoxy) is 3. The first kappa shape index (κ1) is 20.5. The number of methoxy groups -OCH3 is 2. The first-order chi connectivity index (χ1) is 15.0. The first-order valence-electron chi connectivity index (χ1n) is 9.26. The molecule has 0 saturated carbocycles. The van der Waals surface area contributed by atoms with Gasteiger partial charge < -0.3 is 18.6 Å². The van der Waals surface area contributed by atoms with Crippen molar-refractivity contribution < 1.29 is 23.4 Å². The van der Waals surface area contributed by atoms with Crippen molar-refractivity contribution in [3.8, 4) is 28.4 Å². The predicted molar refractivity (Wildman–Crippen MR) is 117 cm³/mol. The van der Waals surface area contributed by atoms with Crippen LogP contribution in [0.4, 0.5) is 0 Å². The number of carbonyl (C=O) groups is 1. The molecular formula is C24H17ClO6. The molecule has 4 rings (SSSR count). The molecule has 156 valence electrons. The predicted octanol–water partition coefficient (Wildman–Crippen LogP) is 5.35. The number of carbonyl (C=O) groups excluding carboxylic acids is 1. The van der Waals surface area contributed by atoms with Crippen LogP contribution in [0.15, 0.2) is 76.1 Å². The molecule has 0 fully saturated rings. The Morgan fingerprint density at radius 3 is 2.48 bits per heavy atom. The lowest BCUT2D eigenvalue weighted by atomic mass is 10.0. The first-order valence-corrected chi connectivity index (χ1v) is 9.63. The van der Waals surface area contributed by atoms with Gasteiger partial charge in [-0.2, -0.15) is 0 Å². The Balaban J connectivity index is 1.67. The molecule has 3 aromatic carbocycles. The molecule has 4 aromatic rings. The fourth-order valence-corrected chi connectivity index (χ4v) is 3.35. The molecule has 0 atom stereocenters. The Bertz CT molecular complexity index is 1340. The Kier molecular flexibility index (Phi) is 5.64. The van der Waals surface area contributed by atoms with E-state index in [1.807, 2.05) is 0 Å². The topological polar surface area (TPSA) is 75.0 Å². The highest BCUT2D eigenvalue weighted by Crippen LogP contribution is 2.32. The normalized spacial score (nSPS) is 10.7. The third-order valence-corrected chi connectivity index (χ3v) is 4.95. The summed E-state index contributed by atoms with van der Waals surface area (Å²) in [6, 6.07) is 16.2. The van der Waals surface area contributed by atoms with Crippen LogP contribution in [0.25, 0.3) is 22.1 Å². The van der Waals surface area contributed by atoms with Crippen molar-refractivity contribution in [2.75, 3.05) is 14.2 Å². The molecule has 0 radical (unpaired) electrons. The van der Waals surface area contributed by atoms with Gasteiger partial charge in [-0.25, -0.2) is 4.79 Å². The van der Waals surface area contributed by atoms with Crippen molar-refractivity contribution in [3.05, 3.63) is 87.7 Å². The number of hydrogen-bond acceptors (Lipinski definition) is 6. The zero-order chi connectivity index (χ0) is 22.0. The number of fused-ring (bicyclic) bond motifs is 1. The van der Waals surface area contributed by atoms with E-state index in [1.54, 1.807) is 55.6 Å². The van der Waals surface area contributed by atoms with E-state index in [1.165, 1.54) is 25.5 Å². The van der Waals surface area contributed by atoms with Crippen molar-refractivity contribution in [1.29, 1.82) is 0 Å². The third kappa shape index (κ3) is 4.11. The molecule has 0 aliphatic carbocycles. The summed E-state index contributed by atoms with van der Waals surface area (Å²) >= 11 is 5.92. The van der Waals surface area contributed by atoms with Gasteiger partial charge in [0, 0.05) is 11.1 Å². The molecule has 0 saturated heterocycles. The Hall–Kier alpha value is -3.77. The van der Waals surface area contributed by atoms with E-state index in [0.717, 1.165) is 0 Å². The number of esters is 1. The highest BCUT2D eigenvalue weighted by Gasteiger charge is 2.14. The second kappa shape index (κ2) is 8.53. The zero-order valence-corrected chi connectivity index (χ0v) is 17.4. The van der Waals surface area contributed by atoms with Crippen LogP contribution in [0.3, 0.4) is 0 Å². The maximum Gasteiger partial charge on any atom is 0.343 e. The molecule has 1 aromatic heterocycles. The van der Waals surface area contributed by atoms with E-state index in [4.69, 9.17) is 30.2 Å². The van der Waals surface area contributed by atoms with E-state index in [2.05, 4.69) is 0 Å². The van der Waals surface area contributed by atoms with Gasteiger partial charge >= 0.3 is 5.97 Å². The van der Waals surface area contributed by atoms with Crippen LogP contribution < -0.4 is 19.6 Å². The van der Waals surface area contributed by atoms with Crippen LogP contribution in [0, 0.1) is 0 Å². The van der Waals surface area contributed by atoms with Crippen LogP contribution in [-0.2, 0) is 0 Å². The van der Waals surface area contributed by atoms with Crippen LogP contribution in [-0.4, -0.2) is 20.2 Å². The SMILES string of the molecule is COc1ccc(-c2coc3cc(OC(=O)c4cccc(Cl)c4)ccc3c2=O)cc1OC. The second-order valence-corrected chi connectivity index (χ2v) is 7.04. The second-order valence-electron chi connectivity index (χ2n) is 6.61. The Morgan fingerprint density at radius 1 is 0.935 bits per heavy atom. The average Bonchev–Trinajstić information content (AvgIpc) is 2.79. The average molecular weight is 437 g/mol. The molecule has 0 bridgehead atoms. The molecule has 0 aliphatic heterocycles. The summed E-state index contributed by atoms with van der Waals surface area (Å²) in [4.78, 5) is 25.3. The number of benzene rings is 3. The Labute approximate surface area is 182 Å². The molecular weight excluding hydrogens is 420 g/mol. The summed E-state index contributed by atoms with van der Waals surface area (Å²) in [6.07, 6.45) is 1.37. The van der Waals surface area contributed by atoms with E-state index < -0.39 is 5.97 Å². The van der Waals surface area contributed by atoms with Crippen molar-refractivity contribution in [2.24, 2.45) is 0 Å². The molecule has 0 aliphatic rings. The van der Waals surface area contributed by atoms with Crippen molar-refractivity contribution >= 4 is 28.5 Å². The molecule has 0 amide bonds. The third-order valence-electron chi connectivity index (χ3n) is 4.71. The van der Waals surface area contributed by atoms with Gasteiger partial charge in [-0.05, 0) is 48.0 Å². The summed E-state index contributed by atoms with van der Waals surface area (Å²) in [5.41, 5.74) is 1.39. The summed E-state index contributed by atoms with van der Waals surface area (Å²) in [6.45, 7) is 0. The van der Waals surface area contributed by atoms with Gasteiger partial charge in [0.15, 0.2) is 16.9 Å². The number of halogens is 1. The maximum absolute atomic E-state index is 13.0. The van der Waals surface area contributed by atoms with Crippen LogP contribution in [0.2, 0.25) is 5.02 Å². The molecule has 31 heavy (non-hydrogen) atoms. The molecule has 0 unspecified atom stereocenters. The minimum absolute atomic E-state index is 0.221. The monoisotopic (exact) mass is 436 g/mol. The van der Waals surface area contributed by atoms with Gasteiger partial charge in [-0.15, -0.1) is 0 Å². The summed E-state index contributed by atoms with van der Waals surface area (Å²) in [7, 11) is 3.06. The highest BCUT2D eigenvalue weighted by atomic mass is 35.5. The van der Waals surface area contributed by atoms with Gasteiger partial charge in [0.2, 0.25) is 0 Å². The fraction of sp³-hybridized carbons (Fsp3) is 0.0833. The van der Waals surface area contributed by atoms with Gasteiger partial charge in [0.1, 0.15) is 17.6 Å². The molecule has 6 nitrogen and oxygen atoms in total. The number of rotatable bonds is 5. The minimum atomic E-state index is -0.564. The number of hydrogen-bond donors (Lipinski definition) is 0. The van der Waals surface area contributed by atoms with Crippen LogP contribution in [0.5, 0.6) is 17.2 Å². The van der Waals surface area contributed by atoms with E-state index in [0.29, 0.717) is 44.2 Å². The maximum atomic E-state index is 13.0. The van der Waals surface area contributed by atoms with Gasteiger partial charge in [0.25, 0.3) is 0 Å². The van der Waals surface area contributed by atoms with E-state index in [9.17, 15) is 9.59 Å². The quantitative estimate of drug-likeness (QED) is 0.310. The van der Waals surface area contributed by atoms with Crippen LogP contribution >= 0.6 is 11.6 Å². The summed E-state index contributed by atoms with van der Waals surface area (Å²) in [5.74, 6) is 0.746. The lowest BCUT2D eigenvalue weighted by Gasteiger charge is -2.10. The lowest BCUT2D eigenvalue weighted by Crippen LogP contribution is -2.09. The standard InChI is InChI=1S/C24H17ClO6/c1-28-20-9-6-14(11-22(20)29-2)19-13-30-21-12-17(7-8-18(21)23(19)26)31-24(27)15-4-3-5-16(25)10-15/h3-13H,1-2H3. The van der Waals surface area contributed by atoms with Gasteiger partial charge in [-0.1, -0.05) is 23.7 Å². The lowest BCUT2D eigenvalue weighted by molar-refractivity contribution is 0.0735. The molecule has 7 heteroatoms. The summed E-state index contributed by atoms with van der Waals surface area (Å²) in [5, 5.41) is 0.788. The van der Waals surface area contributed by atoms with Gasteiger partial charge in [0.05, 0.1) is 30.7 Å². The van der Waals surface area contributed by atoms with Crippen molar-refractivity contribution in [2.45, 2.75) is 0 Å². The van der Waals surface area contributed by atoms with Gasteiger partial charge in [-0.3, -0.25) is 4.79 Å². The molecule has 0 spiro atoms. The highest BCUT2D eigenvalue weighted by molar-refractivity contribution is 6.30. The minimum Gasteiger partial charge on any atom is -0.493 e. The Morgan fingerprint density at radius 2 is 1.74 bits per heavy atom. The fourth-order valence-electron chi connectivity index (χ4n) is 3.16. The smallest absolute Gasteiger partial charge is 0.343 e. The molecule has 0 N–H and O–H groups in total. The van der Waals surface area contributed by atoms with Crippen molar-refractivity contribution in [1.82, 2.24) is 0 Å². The zero-order valence-electron chi connectivity index (χ0n) is 16.7.